The SMILES string of the molecule is Cc1noc(C)c1C(=O)NC[C@H](O)c1csc2ccccc12. The van der Waals surface area contributed by atoms with E-state index < -0.39 is 6.10 Å². The van der Waals surface area contributed by atoms with Crippen molar-refractivity contribution in [2.24, 2.45) is 0 Å². The van der Waals surface area contributed by atoms with E-state index in [4.69, 9.17) is 4.52 Å². The predicted molar refractivity (Wildman–Crippen MR) is 85.1 cm³/mol. The molecule has 0 radical (unpaired) electrons. The molecule has 0 bridgehead atoms. The van der Waals surface area contributed by atoms with E-state index >= 15 is 0 Å². The van der Waals surface area contributed by atoms with Crippen molar-refractivity contribution in [3.63, 3.8) is 0 Å². The minimum atomic E-state index is -0.749. The molecule has 3 aromatic rings. The highest BCUT2D eigenvalue weighted by molar-refractivity contribution is 7.17. The molecule has 1 amide bonds. The van der Waals surface area contributed by atoms with E-state index in [0.717, 1.165) is 15.6 Å². The molecule has 0 spiro atoms. The number of carbonyl (C=O) groups is 1. The Balaban J connectivity index is 1.72. The monoisotopic (exact) mass is 316 g/mol. The van der Waals surface area contributed by atoms with Gasteiger partial charge >= 0.3 is 0 Å². The number of rotatable bonds is 4. The van der Waals surface area contributed by atoms with Crippen LogP contribution in [0.3, 0.4) is 0 Å². The number of aliphatic hydroxyl groups excluding tert-OH is 1. The fourth-order valence-electron chi connectivity index (χ4n) is 2.45. The van der Waals surface area contributed by atoms with Gasteiger partial charge in [-0.3, -0.25) is 4.79 Å². The third kappa shape index (κ3) is 2.63. The molecule has 5 nitrogen and oxygen atoms in total. The summed E-state index contributed by atoms with van der Waals surface area (Å²) >= 11 is 1.58. The van der Waals surface area contributed by atoms with Crippen molar-refractivity contribution in [3.8, 4) is 0 Å². The van der Waals surface area contributed by atoms with Gasteiger partial charge in [-0.2, -0.15) is 0 Å². The summed E-state index contributed by atoms with van der Waals surface area (Å²) in [5.41, 5.74) is 1.81. The van der Waals surface area contributed by atoms with Gasteiger partial charge in [-0.05, 0) is 30.7 Å². The zero-order valence-corrected chi connectivity index (χ0v) is 13.1. The molecule has 0 aliphatic rings. The van der Waals surface area contributed by atoms with E-state index in [-0.39, 0.29) is 12.5 Å². The first-order chi connectivity index (χ1) is 10.6. The molecule has 0 saturated heterocycles. The Morgan fingerprint density at radius 2 is 2.18 bits per heavy atom. The number of nitrogens with zero attached hydrogens (tertiary/aromatic N) is 1. The number of fused-ring (bicyclic) bond motifs is 1. The first-order valence-electron chi connectivity index (χ1n) is 6.93. The van der Waals surface area contributed by atoms with Gasteiger partial charge < -0.3 is 14.9 Å². The largest absolute Gasteiger partial charge is 0.387 e. The number of aryl methyl sites for hydroxylation is 2. The molecular weight excluding hydrogens is 300 g/mol. The molecule has 0 unspecified atom stereocenters. The van der Waals surface area contributed by atoms with Crippen molar-refractivity contribution in [1.82, 2.24) is 10.5 Å². The summed E-state index contributed by atoms with van der Waals surface area (Å²) in [7, 11) is 0. The Kier molecular flexibility index (Phi) is 3.96. The number of benzene rings is 1. The lowest BCUT2D eigenvalue weighted by molar-refractivity contribution is 0.0915. The van der Waals surface area contributed by atoms with Gasteiger partial charge in [0.25, 0.3) is 5.91 Å². The number of carbonyl (C=O) groups excluding carboxylic acids is 1. The molecule has 22 heavy (non-hydrogen) atoms. The Bertz CT molecular complexity index is 802. The van der Waals surface area contributed by atoms with Crippen LogP contribution in [0.1, 0.15) is 33.5 Å². The van der Waals surface area contributed by atoms with Crippen LogP contribution in [0.2, 0.25) is 0 Å². The second-order valence-corrected chi connectivity index (χ2v) is 6.02. The molecule has 0 aliphatic heterocycles. The molecule has 1 atom stereocenters. The van der Waals surface area contributed by atoms with Gasteiger partial charge in [0.15, 0.2) is 0 Å². The zero-order chi connectivity index (χ0) is 15.7. The van der Waals surface area contributed by atoms with Gasteiger partial charge in [-0.25, -0.2) is 0 Å². The van der Waals surface area contributed by atoms with Crippen molar-refractivity contribution in [3.05, 3.63) is 52.2 Å². The number of nitrogens with one attached hydrogen (secondary N) is 1. The summed E-state index contributed by atoms with van der Waals surface area (Å²) in [6.07, 6.45) is -0.749. The normalized spacial score (nSPS) is 12.5. The molecule has 2 heterocycles. The van der Waals surface area contributed by atoms with E-state index in [9.17, 15) is 9.90 Å². The molecule has 2 aromatic heterocycles. The van der Waals surface area contributed by atoms with Crippen LogP contribution in [0.25, 0.3) is 10.1 Å². The maximum absolute atomic E-state index is 12.2. The number of hydrogen-bond acceptors (Lipinski definition) is 5. The topological polar surface area (TPSA) is 75.4 Å². The quantitative estimate of drug-likeness (QED) is 0.776. The van der Waals surface area contributed by atoms with Crippen molar-refractivity contribution >= 4 is 27.3 Å². The molecule has 114 valence electrons. The summed E-state index contributed by atoms with van der Waals surface area (Å²) in [5.74, 6) is 0.195. The average molecular weight is 316 g/mol. The lowest BCUT2D eigenvalue weighted by Gasteiger charge is -2.11. The lowest BCUT2D eigenvalue weighted by atomic mass is 10.1. The van der Waals surface area contributed by atoms with Crippen LogP contribution >= 0.6 is 11.3 Å². The lowest BCUT2D eigenvalue weighted by Crippen LogP contribution is -2.29. The van der Waals surface area contributed by atoms with Gasteiger partial charge in [-0.15, -0.1) is 11.3 Å². The molecule has 3 rings (SSSR count). The highest BCUT2D eigenvalue weighted by atomic mass is 32.1. The van der Waals surface area contributed by atoms with Crippen LogP contribution < -0.4 is 5.32 Å². The number of aromatic nitrogens is 1. The standard InChI is InChI=1S/C16H16N2O3S/c1-9-15(10(2)21-18-9)16(20)17-7-13(19)12-8-22-14-6-4-3-5-11(12)14/h3-6,8,13,19H,7H2,1-2H3,(H,17,20)/t13-/m0/s1. The second-order valence-electron chi connectivity index (χ2n) is 5.11. The number of thiophene rings is 1. The molecule has 0 fully saturated rings. The van der Waals surface area contributed by atoms with E-state index in [0.29, 0.717) is 17.0 Å². The highest BCUT2D eigenvalue weighted by Crippen LogP contribution is 2.29. The molecule has 2 N–H and O–H groups in total. The van der Waals surface area contributed by atoms with Gasteiger partial charge in [0.05, 0.1) is 11.8 Å². The first-order valence-corrected chi connectivity index (χ1v) is 7.81. The fourth-order valence-corrected chi connectivity index (χ4v) is 3.46. The molecule has 6 heteroatoms. The van der Waals surface area contributed by atoms with Crippen LogP contribution in [-0.4, -0.2) is 22.7 Å². The van der Waals surface area contributed by atoms with E-state index in [1.54, 1.807) is 25.2 Å². The minimum Gasteiger partial charge on any atom is -0.387 e. The number of amides is 1. The van der Waals surface area contributed by atoms with Crippen LogP contribution in [-0.2, 0) is 0 Å². The average Bonchev–Trinajstić information content (AvgIpc) is 3.08. The Morgan fingerprint density at radius 3 is 2.91 bits per heavy atom. The summed E-state index contributed by atoms with van der Waals surface area (Å²) in [5, 5.41) is 19.8. The minimum absolute atomic E-state index is 0.142. The van der Waals surface area contributed by atoms with Crippen molar-refractivity contribution in [2.45, 2.75) is 20.0 Å². The molecule has 0 saturated carbocycles. The van der Waals surface area contributed by atoms with Gasteiger partial charge in [-0.1, -0.05) is 23.4 Å². The van der Waals surface area contributed by atoms with Crippen molar-refractivity contribution in [2.75, 3.05) is 6.54 Å². The first kappa shape index (κ1) is 14.7. The summed E-state index contributed by atoms with van der Waals surface area (Å²) in [6.45, 7) is 3.55. The zero-order valence-electron chi connectivity index (χ0n) is 12.3. The maximum Gasteiger partial charge on any atom is 0.256 e. The van der Waals surface area contributed by atoms with Gasteiger partial charge in [0.1, 0.15) is 11.3 Å². The molecule has 0 aliphatic carbocycles. The molecular formula is C16H16N2O3S. The van der Waals surface area contributed by atoms with Crippen LogP contribution in [0.15, 0.2) is 34.2 Å². The van der Waals surface area contributed by atoms with Crippen LogP contribution in [0, 0.1) is 13.8 Å². The summed E-state index contributed by atoms with van der Waals surface area (Å²) < 4.78 is 6.10. The van der Waals surface area contributed by atoms with E-state index in [2.05, 4.69) is 10.5 Å². The Labute approximate surface area is 131 Å². The Hall–Kier alpha value is -2.18. The molecule has 1 aromatic carbocycles. The van der Waals surface area contributed by atoms with E-state index in [1.807, 2.05) is 29.6 Å². The van der Waals surface area contributed by atoms with Crippen molar-refractivity contribution < 1.29 is 14.4 Å². The number of aliphatic hydroxyl groups is 1. The summed E-state index contributed by atoms with van der Waals surface area (Å²) in [6, 6.07) is 7.89. The maximum atomic E-state index is 12.2. The second kappa shape index (κ2) is 5.90. The number of hydrogen-bond donors (Lipinski definition) is 2. The summed E-state index contributed by atoms with van der Waals surface area (Å²) in [4.78, 5) is 12.2. The van der Waals surface area contributed by atoms with Gasteiger partial charge in [0.2, 0.25) is 0 Å². The van der Waals surface area contributed by atoms with Gasteiger partial charge in [0, 0.05) is 16.8 Å². The third-order valence-corrected chi connectivity index (χ3v) is 4.57. The Morgan fingerprint density at radius 1 is 1.41 bits per heavy atom. The predicted octanol–water partition coefficient (Wildman–Crippen LogP) is 2.97. The van der Waals surface area contributed by atoms with Crippen LogP contribution in [0.5, 0.6) is 0 Å². The van der Waals surface area contributed by atoms with Crippen molar-refractivity contribution in [1.29, 1.82) is 0 Å². The fraction of sp³-hybridized carbons (Fsp3) is 0.250. The smallest absolute Gasteiger partial charge is 0.256 e. The third-order valence-electron chi connectivity index (χ3n) is 3.59. The highest BCUT2D eigenvalue weighted by Gasteiger charge is 2.19. The van der Waals surface area contributed by atoms with E-state index in [1.165, 1.54) is 0 Å². The van der Waals surface area contributed by atoms with Crippen LogP contribution in [0.4, 0.5) is 0 Å².